The molecule has 0 aliphatic heterocycles. The average molecular weight is 304 g/mol. The van der Waals surface area contributed by atoms with Crippen molar-refractivity contribution in [1.29, 1.82) is 0 Å². The van der Waals surface area contributed by atoms with Crippen LogP contribution in [0.2, 0.25) is 5.02 Å². The topological polar surface area (TPSA) is 21.3 Å². The van der Waals surface area contributed by atoms with Gasteiger partial charge in [-0.25, -0.2) is 0 Å². The number of rotatable bonds is 5. The van der Waals surface area contributed by atoms with Crippen molar-refractivity contribution in [1.82, 2.24) is 5.32 Å². The summed E-state index contributed by atoms with van der Waals surface area (Å²) in [4.78, 5) is 0. The van der Waals surface area contributed by atoms with Gasteiger partial charge in [0.1, 0.15) is 5.75 Å². The fourth-order valence-electron chi connectivity index (χ4n) is 2.55. The quantitative estimate of drug-likeness (QED) is 0.867. The first-order valence-electron chi connectivity index (χ1n) is 7.21. The van der Waals surface area contributed by atoms with Gasteiger partial charge >= 0.3 is 0 Å². The van der Waals surface area contributed by atoms with E-state index >= 15 is 0 Å². The Morgan fingerprint density at radius 3 is 2.62 bits per heavy atom. The summed E-state index contributed by atoms with van der Waals surface area (Å²) in [6.07, 6.45) is 0. The predicted molar refractivity (Wildman–Crippen MR) is 89.4 cm³/mol. The van der Waals surface area contributed by atoms with Crippen LogP contribution in [0.15, 0.2) is 36.4 Å². The van der Waals surface area contributed by atoms with E-state index in [2.05, 4.69) is 50.4 Å². The van der Waals surface area contributed by atoms with Gasteiger partial charge in [-0.2, -0.15) is 0 Å². The van der Waals surface area contributed by atoms with Crippen molar-refractivity contribution < 1.29 is 4.74 Å². The van der Waals surface area contributed by atoms with E-state index in [9.17, 15) is 0 Å². The highest BCUT2D eigenvalue weighted by Crippen LogP contribution is 2.32. The van der Waals surface area contributed by atoms with Crippen molar-refractivity contribution in [3.8, 4) is 5.75 Å². The third kappa shape index (κ3) is 3.39. The van der Waals surface area contributed by atoms with Crippen LogP contribution in [0.3, 0.4) is 0 Å². The molecule has 2 aromatic carbocycles. The van der Waals surface area contributed by atoms with Crippen LogP contribution < -0.4 is 10.1 Å². The van der Waals surface area contributed by atoms with Gasteiger partial charge in [0.2, 0.25) is 0 Å². The number of hydrogen-bond donors (Lipinski definition) is 1. The minimum absolute atomic E-state index is 0.140. The summed E-state index contributed by atoms with van der Waals surface area (Å²) >= 11 is 6.14. The van der Waals surface area contributed by atoms with Gasteiger partial charge in [-0.15, -0.1) is 0 Å². The number of halogens is 1. The molecule has 0 fully saturated rings. The number of hydrogen-bond acceptors (Lipinski definition) is 2. The van der Waals surface area contributed by atoms with Crippen molar-refractivity contribution in [3.63, 3.8) is 0 Å². The molecule has 0 aliphatic carbocycles. The summed E-state index contributed by atoms with van der Waals surface area (Å²) in [5.74, 6) is 0.711. The molecule has 0 radical (unpaired) electrons. The van der Waals surface area contributed by atoms with E-state index in [1.165, 1.54) is 16.7 Å². The summed E-state index contributed by atoms with van der Waals surface area (Å²) in [5, 5.41) is 4.19. The second kappa shape index (κ2) is 6.97. The zero-order chi connectivity index (χ0) is 15.4. The third-order valence-electron chi connectivity index (χ3n) is 3.87. The molecule has 2 aromatic rings. The van der Waals surface area contributed by atoms with Gasteiger partial charge < -0.3 is 10.1 Å². The van der Waals surface area contributed by atoms with Crippen LogP contribution in [0, 0.1) is 13.8 Å². The molecule has 0 heterocycles. The minimum atomic E-state index is 0.140. The Labute approximate surface area is 132 Å². The Balaban J connectivity index is 2.50. The van der Waals surface area contributed by atoms with Gasteiger partial charge in [-0.05, 0) is 54.8 Å². The Bertz CT molecular complexity index is 625. The van der Waals surface area contributed by atoms with Crippen LogP contribution in [0.25, 0.3) is 0 Å². The van der Waals surface area contributed by atoms with E-state index in [0.717, 1.165) is 12.1 Å². The van der Waals surface area contributed by atoms with E-state index in [0.29, 0.717) is 10.8 Å². The second-order valence-corrected chi connectivity index (χ2v) is 5.58. The van der Waals surface area contributed by atoms with Crippen LogP contribution in [0.5, 0.6) is 5.75 Å². The first-order chi connectivity index (χ1) is 10.1. The number of ether oxygens (including phenoxy) is 1. The Morgan fingerprint density at radius 2 is 1.95 bits per heavy atom. The highest BCUT2D eigenvalue weighted by atomic mass is 35.5. The maximum atomic E-state index is 6.14. The Hall–Kier alpha value is -1.51. The first kappa shape index (κ1) is 15.9. The van der Waals surface area contributed by atoms with Gasteiger partial charge in [0, 0.05) is 0 Å². The van der Waals surface area contributed by atoms with Crippen molar-refractivity contribution in [2.24, 2.45) is 0 Å². The smallest absolute Gasteiger partial charge is 0.137 e. The summed E-state index contributed by atoms with van der Waals surface area (Å²) in [6.45, 7) is 7.32. The second-order valence-electron chi connectivity index (χ2n) is 5.17. The van der Waals surface area contributed by atoms with E-state index in [1.807, 2.05) is 12.1 Å². The van der Waals surface area contributed by atoms with E-state index in [1.54, 1.807) is 7.11 Å². The predicted octanol–water partition coefficient (Wildman–Crippen LogP) is 4.66. The van der Waals surface area contributed by atoms with Gasteiger partial charge in [0.15, 0.2) is 0 Å². The Morgan fingerprint density at radius 1 is 1.19 bits per heavy atom. The standard InChI is InChI=1S/C18H22ClNO/c1-5-20-18(15-8-6-7-12(2)13(15)3)14-9-10-16(19)17(11-14)21-4/h6-11,18,20H,5H2,1-4H3. The van der Waals surface area contributed by atoms with Crippen molar-refractivity contribution in [2.75, 3.05) is 13.7 Å². The number of aryl methyl sites for hydroxylation is 1. The van der Waals surface area contributed by atoms with Crippen molar-refractivity contribution >= 4 is 11.6 Å². The molecule has 0 spiro atoms. The molecule has 2 nitrogen and oxygen atoms in total. The largest absolute Gasteiger partial charge is 0.495 e. The van der Waals surface area contributed by atoms with Gasteiger partial charge in [0.05, 0.1) is 18.2 Å². The molecule has 2 rings (SSSR count). The van der Waals surface area contributed by atoms with Crippen LogP contribution in [0.4, 0.5) is 0 Å². The molecule has 1 unspecified atom stereocenters. The number of methoxy groups -OCH3 is 1. The van der Waals surface area contributed by atoms with Crippen LogP contribution in [-0.2, 0) is 0 Å². The minimum Gasteiger partial charge on any atom is -0.495 e. The zero-order valence-electron chi connectivity index (χ0n) is 13.0. The maximum absolute atomic E-state index is 6.14. The van der Waals surface area contributed by atoms with Gasteiger partial charge in [0.25, 0.3) is 0 Å². The van der Waals surface area contributed by atoms with Crippen molar-refractivity contribution in [3.05, 3.63) is 63.7 Å². The monoisotopic (exact) mass is 303 g/mol. The summed E-state index contributed by atoms with van der Waals surface area (Å²) in [6, 6.07) is 12.5. The molecular weight excluding hydrogens is 282 g/mol. The molecule has 0 bridgehead atoms. The van der Waals surface area contributed by atoms with Gasteiger partial charge in [-0.3, -0.25) is 0 Å². The van der Waals surface area contributed by atoms with E-state index in [4.69, 9.17) is 16.3 Å². The zero-order valence-corrected chi connectivity index (χ0v) is 13.8. The van der Waals surface area contributed by atoms with Crippen LogP contribution in [-0.4, -0.2) is 13.7 Å². The lowest BCUT2D eigenvalue weighted by atomic mass is 9.92. The lowest BCUT2D eigenvalue weighted by Gasteiger charge is -2.22. The molecule has 0 amide bonds. The lowest BCUT2D eigenvalue weighted by Crippen LogP contribution is -2.23. The fourth-order valence-corrected chi connectivity index (χ4v) is 2.75. The molecule has 1 N–H and O–H groups in total. The molecule has 0 aromatic heterocycles. The van der Waals surface area contributed by atoms with Crippen LogP contribution in [0.1, 0.15) is 35.2 Å². The Kier molecular flexibility index (Phi) is 5.27. The van der Waals surface area contributed by atoms with Gasteiger partial charge in [-0.1, -0.05) is 42.8 Å². The summed E-state index contributed by atoms with van der Waals surface area (Å²) in [5.41, 5.74) is 5.07. The SMILES string of the molecule is CCNC(c1ccc(Cl)c(OC)c1)c1cccc(C)c1C. The molecule has 21 heavy (non-hydrogen) atoms. The number of nitrogens with one attached hydrogen (secondary N) is 1. The molecule has 0 aliphatic rings. The summed E-state index contributed by atoms with van der Waals surface area (Å²) < 4.78 is 5.34. The third-order valence-corrected chi connectivity index (χ3v) is 4.19. The fraction of sp³-hybridized carbons (Fsp3) is 0.333. The molecular formula is C18H22ClNO. The maximum Gasteiger partial charge on any atom is 0.137 e. The molecule has 1 atom stereocenters. The average Bonchev–Trinajstić information content (AvgIpc) is 2.49. The van der Waals surface area contributed by atoms with Crippen LogP contribution >= 0.6 is 11.6 Å². The first-order valence-corrected chi connectivity index (χ1v) is 7.59. The highest BCUT2D eigenvalue weighted by molar-refractivity contribution is 6.32. The molecule has 3 heteroatoms. The van der Waals surface area contributed by atoms with E-state index < -0.39 is 0 Å². The van der Waals surface area contributed by atoms with Crippen molar-refractivity contribution in [2.45, 2.75) is 26.8 Å². The molecule has 0 saturated carbocycles. The lowest BCUT2D eigenvalue weighted by molar-refractivity contribution is 0.414. The molecule has 112 valence electrons. The van der Waals surface area contributed by atoms with E-state index in [-0.39, 0.29) is 6.04 Å². The molecule has 0 saturated heterocycles. The normalized spacial score (nSPS) is 12.2. The highest BCUT2D eigenvalue weighted by Gasteiger charge is 2.17. The number of benzene rings is 2. The summed E-state index contributed by atoms with van der Waals surface area (Å²) in [7, 11) is 1.64.